The van der Waals surface area contributed by atoms with Crippen molar-refractivity contribution in [2.75, 3.05) is 46.3 Å². The number of anilines is 1. The molecule has 8 nitrogen and oxygen atoms in total. The molecule has 10 heteroatoms. The molecule has 0 N–H and O–H groups in total. The van der Waals surface area contributed by atoms with Crippen LogP contribution in [0.1, 0.15) is 17.7 Å². The summed E-state index contributed by atoms with van der Waals surface area (Å²) in [6.07, 6.45) is 5.10. The Morgan fingerprint density at radius 1 is 1.25 bits per heavy atom. The Kier molecular flexibility index (Phi) is 11.1. The van der Waals surface area contributed by atoms with E-state index >= 15 is 0 Å². The lowest BCUT2D eigenvalue weighted by molar-refractivity contribution is -0.126. The van der Waals surface area contributed by atoms with E-state index in [9.17, 15) is 4.79 Å². The van der Waals surface area contributed by atoms with Crippen molar-refractivity contribution >= 4 is 50.8 Å². The standard InChI is InChI=1S/C13H13N3OS2.C7H13NO.C2H4O2/c1-16(7-10-6-14-8-18-10)13-15-11-4-3-9(17-2)5-12(11)19-13;1-8-4-2-7(6-9)3-5-8;1-4-2-3/h3-6,8H,7H2,1-2H3;6-7H,2-5H2,1H3;2H,1H3. The summed E-state index contributed by atoms with van der Waals surface area (Å²) in [4.78, 5) is 33.6. The number of benzene rings is 1. The molecule has 0 aliphatic carbocycles. The van der Waals surface area contributed by atoms with Crippen LogP contribution in [0, 0.1) is 5.92 Å². The van der Waals surface area contributed by atoms with E-state index in [0.29, 0.717) is 12.4 Å². The second-order valence-electron chi connectivity index (χ2n) is 7.26. The van der Waals surface area contributed by atoms with Gasteiger partial charge in [0.15, 0.2) is 5.13 Å². The van der Waals surface area contributed by atoms with Crippen molar-refractivity contribution in [3.63, 3.8) is 0 Å². The average Bonchev–Trinajstić information content (AvgIpc) is 3.49. The Balaban J connectivity index is 0.000000233. The molecule has 0 spiro atoms. The summed E-state index contributed by atoms with van der Waals surface area (Å²) in [6.45, 7) is 3.38. The van der Waals surface area contributed by atoms with E-state index < -0.39 is 0 Å². The summed E-state index contributed by atoms with van der Waals surface area (Å²) in [6, 6.07) is 5.96. The predicted molar refractivity (Wildman–Crippen MR) is 130 cm³/mol. The van der Waals surface area contributed by atoms with E-state index in [-0.39, 0.29) is 0 Å². The normalized spacial score (nSPS) is 13.9. The highest BCUT2D eigenvalue weighted by atomic mass is 32.1. The van der Waals surface area contributed by atoms with Gasteiger partial charge in [0.1, 0.15) is 12.0 Å². The van der Waals surface area contributed by atoms with Gasteiger partial charge >= 0.3 is 0 Å². The predicted octanol–water partition coefficient (Wildman–Crippen LogP) is 3.71. The van der Waals surface area contributed by atoms with Gasteiger partial charge in [0.05, 0.1) is 36.5 Å². The number of rotatable bonds is 6. The SMILES string of the molecule is CN1CCC(C=O)CC1.COC=O.COc1ccc2nc(N(C)Cc3cncs3)sc2c1. The van der Waals surface area contributed by atoms with Gasteiger partial charge < -0.3 is 24.1 Å². The summed E-state index contributed by atoms with van der Waals surface area (Å²) in [7, 11) is 7.14. The fourth-order valence-electron chi connectivity index (χ4n) is 2.97. The number of hydrogen-bond acceptors (Lipinski definition) is 10. The van der Waals surface area contributed by atoms with Gasteiger partial charge in [0.25, 0.3) is 6.47 Å². The molecule has 0 amide bonds. The molecule has 0 saturated carbocycles. The first-order chi connectivity index (χ1) is 15.5. The van der Waals surface area contributed by atoms with Crippen LogP contribution in [0.4, 0.5) is 5.13 Å². The van der Waals surface area contributed by atoms with Gasteiger partial charge in [0, 0.05) is 24.0 Å². The molecule has 1 aliphatic rings. The van der Waals surface area contributed by atoms with E-state index in [4.69, 9.17) is 9.53 Å². The van der Waals surface area contributed by atoms with Crippen molar-refractivity contribution in [3.05, 3.63) is 34.8 Å². The molecule has 174 valence electrons. The van der Waals surface area contributed by atoms with Crippen molar-refractivity contribution < 1.29 is 19.1 Å². The number of carbonyl (C=O) groups is 2. The molecule has 2 aromatic heterocycles. The van der Waals surface area contributed by atoms with Crippen LogP contribution in [0.3, 0.4) is 0 Å². The summed E-state index contributed by atoms with van der Waals surface area (Å²) < 4.78 is 10.2. The zero-order chi connectivity index (χ0) is 23.3. The second kappa shape index (κ2) is 13.8. The van der Waals surface area contributed by atoms with E-state index in [0.717, 1.165) is 59.9 Å². The third-order valence-electron chi connectivity index (χ3n) is 4.84. The number of likely N-dealkylation sites (tertiary alicyclic amines) is 1. The van der Waals surface area contributed by atoms with E-state index in [1.807, 2.05) is 29.9 Å². The minimum absolute atomic E-state index is 0.348. The van der Waals surface area contributed by atoms with E-state index in [1.54, 1.807) is 29.8 Å². The molecule has 0 radical (unpaired) electrons. The van der Waals surface area contributed by atoms with Crippen molar-refractivity contribution in [1.29, 1.82) is 0 Å². The Labute approximate surface area is 196 Å². The smallest absolute Gasteiger partial charge is 0.292 e. The maximum atomic E-state index is 10.2. The summed E-state index contributed by atoms with van der Waals surface area (Å²) in [5, 5.41) is 1.01. The first-order valence-electron chi connectivity index (χ1n) is 10.1. The monoisotopic (exact) mass is 478 g/mol. The molecule has 1 aliphatic heterocycles. The Hall–Kier alpha value is -2.56. The largest absolute Gasteiger partial charge is 0.497 e. The van der Waals surface area contributed by atoms with Crippen molar-refractivity contribution in [2.45, 2.75) is 19.4 Å². The van der Waals surface area contributed by atoms with Gasteiger partial charge in [-0.25, -0.2) is 4.98 Å². The highest BCUT2D eigenvalue weighted by Crippen LogP contribution is 2.31. The highest BCUT2D eigenvalue weighted by Gasteiger charge is 2.14. The van der Waals surface area contributed by atoms with Crippen LogP contribution < -0.4 is 9.64 Å². The number of aldehydes is 1. The minimum Gasteiger partial charge on any atom is -0.497 e. The van der Waals surface area contributed by atoms with E-state index in [2.05, 4.69) is 38.6 Å². The number of ether oxygens (including phenoxy) is 2. The molecular formula is C22H30N4O4S2. The van der Waals surface area contributed by atoms with Gasteiger partial charge in [-0.1, -0.05) is 11.3 Å². The quantitative estimate of drug-likeness (QED) is 0.496. The van der Waals surface area contributed by atoms with Crippen LogP contribution in [-0.4, -0.2) is 69.0 Å². The molecular weight excluding hydrogens is 448 g/mol. The molecule has 1 aromatic carbocycles. The first kappa shape index (κ1) is 25.7. The first-order valence-corrected chi connectivity index (χ1v) is 11.8. The molecule has 0 unspecified atom stereocenters. The van der Waals surface area contributed by atoms with Gasteiger partial charge in [-0.3, -0.25) is 9.78 Å². The Morgan fingerprint density at radius 2 is 1.97 bits per heavy atom. The zero-order valence-electron chi connectivity index (χ0n) is 18.9. The average molecular weight is 479 g/mol. The second-order valence-corrected chi connectivity index (χ2v) is 9.24. The number of carbonyl (C=O) groups excluding carboxylic acids is 2. The Bertz CT molecular complexity index is 941. The van der Waals surface area contributed by atoms with Crippen molar-refractivity contribution in [1.82, 2.24) is 14.9 Å². The molecule has 1 fully saturated rings. The van der Waals surface area contributed by atoms with Crippen LogP contribution in [-0.2, 0) is 20.9 Å². The lowest BCUT2D eigenvalue weighted by Gasteiger charge is -2.25. The van der Waals surface area contributed by atoms with Crippen LogP contribution in [0.15, 0.2) is 29.9 Å². The number of methoxy groups -OCH3 is 2. The number of thiazole rings is 2. The maximum Gasteiger partial charge on any atom is 0.292 e. The lowest BCUT2D eigenvalue weighted by Crippen LogP contribution is -2.30. The molecule has 4 rings (SSSR count). The van der Waals surface area contributed by atoms with Crippen LogP contribution >= 0.6 is 22.7 Å². The molecule has 0 bridgehead atoms. The third-order valence-corrected chi connectivity index (χ3v) is 6.74. The fourth-order valence-corrected chi connectivity index (χ4v) is 4.57. The van der Waals surface area contributed by atoms with Gasteiger partial charge in [-0.15, -0.1) is 11.3 Å². The lowest BCUT2D eigenvalue weighted by atomic mass is 9.99. The summed E-state index contributed by atoms with van der Waals surface area (Å²) in [5.41, 5.74) is 2.86. The van der Waals surface area contributed by atoms with E-state index in [1.165, 1.54) is 12.0 Å². The van der Waals surface area contributed by atoms with Crippen molar-refractivity contribution in [3.8, 4) is 5.75 Å². The number of piperidine rings is 1. The zero-order valence-corrected chi connectivity index (χ0v) is 20.5. The molecule has 32 heavy (non-hydrogen) atoms. The molecule has 0 atom stereocenters. The topological polar surface area (TPSA) is 84.9 Å². The number of nitrogens with zero attached hydrogens (tertiary/aromatic N) is 4. The summed E-state index contributed by atoms with van der Waals surface area (Å²) >= 11 is 3.34. The van der Waals surface area contributed by atoms with Gasteiger partial charge in [0.2, 0.25) is 0 Å². The number of hydrogen-bond donors (Lipinski definition) is 0. The minimum atomic E-state index is 0.348. The highest BCUT2D eigenvalue weighted by molar-refractivity contribution is 7.22. The molecule has 3 aromatic rings. The van der Waals surface area contributed by atoms with Crippen molar-refractivity contribution in [2.24, 2.45) is 5.92 Å². The number of aromatic nitrogens is 2. The van der Waals surface area contributed by atoms with Crippen LogP contribution in [0.5, 0.6) is 5.75 Å². The Morgan fingerprint density at radius 3 is 2.53 bits per heavy atom. The maximum absolute atomic E-state index is 10.2. The van der Waals surface area contributed by atoms with Crippen LogP contribution in [0.2, 0.25) is 0 Å². The van der Waals surface area contributed by atoms with Gasteiger partial charge in [-0.05, 0) is 51.2 Å². The molecule has 3 heterocycles. The van der Waals surface area contributed by atoms with Gasteiger partial charge in [-0.2, -0.15) is 0 Å². The molecule has 1 saturated heterocycles. The third kappa shape index (κ3) is 8.18. The fraction of sp³-hybridized carbons (Fsp3) is 0.455. The number of fused-ring (bicyclic) bond motifs is 1. The van der Waals surface area contributed by atoms with Crippen LogP contribution in [0.25, 0.3) is 10.2 Å². The summed E-state index contributed by atoms with van der Waals surface area (Å²) in [5.74, 6) is 1.22.